The number of carbonyl (C=O) groups is 1. The van der Waals surface area contributed by atoms with Crippen molar-refractivity contribution in [2.45, 2.75) is 26.7 Å². The van der Waals surface area contributed by atoms with Gasteiger partial charge in [-0.1, -0.05) is 6.08 Å². The first kappa shape index (κ1) is 22.3. The molecule has 3 aromatic rings. The highest BCUT2D eigenvalue weighted by atomic mass is 16.5. The minimum Gasteiger partial charge on any atom is -0.459 e. The highest BCUT2D eigenvalue weighted by Gasteiger charge is 2.08. The van der Waals surface area contributed by atoms with Crippen LogP contribution in [0.3, 0.4) is 0 Å². The molecular formula is C24H26BN2O4+. The standard InChI is InChI=1S/C24H26BN2O4/c1-3-27(4-2)21-8-7-19-15-20(24(29)31-22(19)16-21)6-5-18-9-11-26(12-10-18)13-14-30-23(28)17-25/h5-12,15-16H,3-4,13-14,17H2,1-2H3/q+1. The summed E-state index contributed by atoms with van der Waals surface area (Å²) in [6.45, 7) is 6.79. The average Bonchev–Trinajstić information content (AvgIpc) is 2.79. The Morgan fingerprint density at radius 1 is 1.13 bits per heavy atom. The van der Waals surface area contributed by atoms with Crippen LogP contribution in [-0.2, 0) is 16.1 Å². The molecular weight excluding hydrogens is 391 g/mol. The molecule has 31 heavy (non-hydrogen) atoms. The summed E-state index contributed by atoms with van der Waals surface area (Å²) >= 11 is 0. The lowest BCUT2D eigenvalue weighted by Gasteiger charge is -2.20. The number of pyridine rings is 1. The molecule has 0 N–H and O–H groups in total. The van der Waals surface area contributed by atoms with Gasteiger partial charge in [0.25, 0.3) is 5.97 Å². The van der Waals surface area contributed by atoms with Crippen molar-refractivity contribution in [2.24, 2.45) is 0 Å². The predicted molar refractivity (Wildman–Crippen MR) is 123 cm³/mol. The molecule has 0 spiro atoms. The first-order valence-corrected chi connectivity index (χ1v) is 10.4. The van der Waals surface area contributed by atoms with Crippen LogP contribution in [0.15, 0.2) is 58.0 Å². The van der Waals surface area contributed by atoms with E-state index in [-0.39, 0.29) is 18.6 Å². The zero-order valence-electron chi connectivity index (χ0n) is 17.9. The van der Waals surface area contributed by atoms with Gasteiger partial charge < -0.3 is 14.1 Å². The van der Waals surface area contributed by atoms with E-state index < -0.39 is 5.97 Å². The summed E-state index contributed by atoms with van der Waals surface area (Å²) in [6, 6.07) is 11.6. The normalized spacial score (nSPS) is 11.2. The molecule has 0 unspecified atom stereocenters. The van der Waals surface area contributed by atoms with Crippen molar-refractivity contribution in [3.8, 4) is 0 Å². The Labute approximate surface area is 183 Å². The minimum absolute atomic E-state index is 0.117. The lowest BCUT2D eigenvalue weighted by atomic mass is 10.1. The van der Waals surface area contributed by atoms with Gasteiger partial charge in [-0.2, -0.15) is 0 Å². The van der Waals surface area contributed by atoms with Crippen LogP contribution in [0.1, 0.15) is 25.0 Å². The molecule has 2 aromatic heterocycles. The molecule has 7 heteroatoms. The fourth-order valence-electron chi connectivity index (χ4n) is 3.26. The number of hydrogen-bond acceptors (Lipinski definition) is 5. The Morgan fingerprint density at radius 3 is 2.55 bits per heavy atom. The third-order valence-electron chi connectivity index (χ3n) is 5.03. The summed E-state index contributed by atoms with van der Waals surface area (Å²) < 4.78 is 12.4. The first-order chi connectivity index (χ1) is 15.0. The monoisotopic (exact) mass is 417 g/mol. The molecule has 0 fully saturated rings. The van der Waals surface area contributed by atoms with E-state index >= 15 is 0 Å². The Morgan fingerprint density at radius 2 is 1.87 bits per heavy atom. The van der Waals surface area contributed by atoms with Crippen molar-refractivity contribution in [3.63, 3.8) is 0 Å². The quantitative estimate of drug-likeness (QED) is 0.232. The van der Waals surface area contributed by atoms with Crippen molar-refractivity contribution in [1.82, 2.24) is 0 Å². The van der Waals surface area contributed by atoms with Crippen molar-refractivity contribution < 1.29 is 18.5 Å². The highest BCUT2D eigenvalue weighted by molar-refractivity contribution is 6.18. The van der Waals surface area contributed by atoms with Crippen molar-refractivity contribution >= 4 is 42.6 Å². The Balaban J connectivity index is 1.72. The topological polar surface area (TPSA) is 63.6 Å². The third kappa shape index (κ3) is 5.84. The zero-order valence-corrected chi connectivity index (χ0v) is 17.9. The molecule has 0 aliphatic carbocycles. The molecule has 0 aliphatic heterocycles. The Hall–Kier alpha value is -3.35. The molecule has 6 nitrogen and oxygen atoms in total. The van der Waals surface area contributed by atoms with E-state index in [0.29, 0.717) is 17.7 Å². The van der Waals surface area contributed by atoms with Crippen LogP contribution >= 0.6 is 0 Å². The summed E-state index contributed by atoms with van der Waals surface area (Å²) in [6.07, 6.45) is 7.27. The van der Waals surface area contributed by atoms with Crippen LogP contribution in [0.25, 0.3) is 23.1 Å². The maximum absolute atomic E-state index is 12.4. The van der Waals surface area contributed by atoms with E-state index in [0.717, 1.165) is 29.7 Å². The van der Waals surface area contributed by atoms with E-state index in [4.69, 9.17) is 17.0 Å². The van der Waals surface area contributed by atoms with Gasteiger partial charge in [0, 0.05) is 48.7 Å². The van der Waals surface area contributed by atoms with E-state index in [1.165, 1.54) is 0 Å². The molecule has 0 aliphatic rings. The van der Waals surface area contributed by atoms with Gasteiger partial charge in [0.15, 0.2) is 25.5 Å². The second kappa shape index (κ2) is 10.6. The van der Waals surface area contributed by atoms with E-state index in [2.05, 4.69) is 18.7 Å². The van der Waals surface area contributed by atoms with Crippen LogP contribution in [0.4, 0.5) is 5.69 Å². The second-order valence-corrected chi connectivity index (χ2v) is 7.01. The fourth-order valence-corrected chi connectivity index (χ4v) is 3.26. The number of carbonyl (C=O) groups excluding carboxylic acids is 1. The van der Waals surface area contributed by atoms with Gasteiger partial charge >= 0.3 is 5.63 Å². The van der Waals surface area contributed by atoms with Crippen molar-refractivity contribution in [3.05, 3.63) is 70.3 Å². The average molecular weight is 417 g/mol. The largest absolute Gasteiger partial charge is 0.459 e. The predicted octanol–water partition coefficient (Wildman–Crippen LogP) is 3.23. The molecule has 158 valence electrons. The smallest absolute Gasteiger partial charge is 0.343 e. The number of anilines is 1. The lowest BCUT2D eigenvalue weighted by Crippen LogP contribution is -2.35. The lowest BCUT2D eigenvalue weighted by molar-refractivity contribution is -0.697. The molecule has 3 rings (SSSR count). The highest BCUT2D eigenvalue weighted by Crippen LogP contribution is 2.22. The van der Waals surface area contributed by atoms with Gasteiger partial charge in [-0.25, -0.2) is 9.36 Å². The van der Waals surface area contributed by atoms with Crippen LogP contribution in [0, 0.1) is 0 Å². The molecule has 0 amide bonds. The number of benzene rings is 1. The molecule has 1 aromatic carbocycles. The fraction of sp³-hybridized carbons (Fsp3) is 0.292. The molecule has 0 bridgehead atoms. The van der Waals surface area contributed by atoms with Crippen LogP contribution < -0.4 is 15.1 Å². The first-order valence-electron chi connectivity index (χ1n) is 10.4. The minimum atomic E-state index is -0.418. The molecule has 0 atom stereocenters. The van der Waals surface area contributed by atoms with E-state index in [1.807, 2.05) is 59.4 Å². The van der Waals surface area contributed by atoms with Crippen molar-refractivity contribution in [1.29, 1.82) is 0 Å². The molecule has 0 saturated heterocycles. The maximum Gasteiger partial charge on any atom is 0.343 e. The van der Waals surface area contributed by atoms with Crippen LogP contribution in [-0.4, -0.2) is 33.5 Å². The number of hydrogen-bond donors (Lipinski definition) is 0. The van der Waals surface area contributed by atoms with E-state index in [9.17, 15) is 9.59 Å². The van der Waals surface area contributed by atoms with Gasteiger partial charge in [-0.05, 0) is 43.7 Å². The SMILES string of the molecule is [B]CC(=O)OCC[n+]1ccc(/C=C/c2cc3ccc(N(CC)CC)cc3oc2=O)cc1. The molecule has 2 heterocycles. The summed E-state index contributed by atoms with van der Waals surface area (Å²) in [4.78, 5) is 25.7. The van der Waals surface area contributed by atoms with Crippen molar-refractivity contribution in [2.75, 3.05) is 24.6 Å². The van der Waals surface area contributed by atoms with Gasteiger partial charge in [0.2, 0.25) is 0 Å². The number of ether oxygens (including phenoxy) is 1. The summed E-state index contributed by atoms with van der Waals surface area (Å²) in [7, 11) is 5.20. The summed E-state index contributed by atoms with van der Waals surface area (Å²) in [5, 5.41) is 0.882. The number of aromatic nitrogens is 1. The Kier molecular flexibility index (Phi) is 7.65. The maximum atomic E-state index is 12.4. The Bertz CT molecular complexity index is 1120. The second-order valence-electron chi connectivity index (χ2n) is 7.01. The number of esters is 1. The van der Waals surface area contributed by atoms with Gasteiger partial charge in [-0.15, -0.1) is 0 Å². The summed E-state index contributed by atoms with van der Waals surface area (Å²) in [5.74, 6) is -0.418. The van der Waals surface area contributed by atoms with Gasteiger partial charge in [0.05, 0.1) is 13.4 Å². The number of fused-ring (bicyclic) bond motifs is 1. The number of nitrogens with zero attached hydrogens (tertiary/aromatic N) is 2. The van der Waals surface area contributed by atoms with Gasteiger partial charge in [-0.3, -0.25) is 4.79 Å². The molecule has 2 radical (unpaired) electrons. The summed E-state index contributed by atoms with van der Waals surface area (Å²) in [5.41, 5.74) is 2.69. The van der Waals surface area contributed by atoms with Crippen LogP contribution in [0.5, 0.6) is 0 Å². The van der Waals surface area contributed by atoms with Crippen LogP contribution in [0.2, 0.25) is 6.32 Å². The zero-order chi connectivity index (χ0) is 22.2. The number of rotatable bonds is 9. The third-order valence-corrected chi connectivity index (χ3v) is 5.03. The van der Waals surface area contributed by atoms with E-state index in [1.54, 1.807) is 6.08 Å². The van der Waals surface area contributed by atoms with Gasteiger partial charge in [0.1, 0.15) is 5.58 Å². The molecule has 0 saturated carbocycles.